The molecule has 10 heavy (non-hydrogen) atoms. The fraction of sp³-hybridized carbons (Fsp3) is 0.625. The van der Waals surface area contributed by atoms with E-state index in [1.165, 1.54) is 12.5 Å². The number of nitrogens with zero attached hydrogens (tertiary/aromatic N) is 1. The predicted molar refractivity (Wildman–Crippen MR) is 41.7 cm³/mol. The topological polar surface area (TPSA) is 29.4 Å². The van der Waals surface area contributed by atoms with Gasteiger partial charge in [-0.25, -0.2) is 9.79 Å². The number of isocyanates is 1. The van der Waals surface area contributed by atoms with Crippen molar-refractivity contribution in [3.8, 4) is 0 Å². The molecule has 0 amide bonds. The quantitative estimate of drug-likeness (QED) is 0.248. The van der Waals surface area contributed by atoms with E-state index in [2.05, 4.69) is 18.0 Å². The summed E-state index contributed by atoms with van der Waals surface area (Å²) < 4.78 is 0. The van der Waals surface area contributed by atoms with Crippen LogP contribution in [0.3, 0.4) is 0 Å². The molecule has 0 saturated heterocycles. The highest BCUT2D eigenvalue weighted by molar-refractivity contribution is 5.32. The normalized spacial score (nSPS) is 9.70. The number of hydrogen-bond acceptors (Lipinski definition) is 2. The van der Waals surface area contributed by atoms with Gasteiger partial charge in [-0.2, -0.15) is 0 Å². The number of carbonyl (C=O) groups excluding carboxylic acids is 1. The lowest BCUT2D eigenvalue weighted by molar-refractivity contribution is 0.563. The van der Waals surface area contributed by atoms with E-state index in [1.807, 2.05) is 6.08 Å². The summed E-state index contributed by atoms with van der Waals surface area (Å²) in [6, 6.07) is 0. The zero-order valence-electron chi connectivity index (χ0n) is 6.34. The van der Waals surface area contributed by atoms with E-state index in [0.717, 1.165) is 12.8 Å². The smallest absolute Gasteiger partial charge is 0.211 e. The standard InChI is InChI=1S/C8H13NO/c1-2-3-4-5-6-7-9-8-10/h4-5H,2-3,6-7H2,1H3/b5-4+. The Balaban J connectivity index is 3.09. The fourth-order valence-electron chi connectivity index (χ4n) is 0.587. The molecule has 0 aliphatic heterocycles. The molecule has 0 aromatic heterocycles. The SMILES string of the molecule is CCC/C=C/CCN=C=O. The first-order chi connectivity index (χ1) is 4.91. The first-order valence-electron chi connectivity index (χ1n) is 3.60. The van der Waals surface area contributed by atoms with Crippen LogP contribution >= 0.6 is 0 Å². The third-order valence-electron chi connectivity index (χ3n) is 1.09. The lowest BCUT2D eigenvalue weighted by Gasteiger charge is -1.83. The van der Waals surface area contributed by atoms with Gasteiger partial charge in [0.1, 0.15) is 0 Å². The maximum absolute atomic E-state index is 9.58. The maximum Gasteiger partial charge on any atom is 0.234 e. The van der Waals surface area contributed by atoms with Crippen LogP contribution in [0.5, 0.6) is 0 Å². The van der Waals surface area contributed by atoms with Gasteiger partial charge in [0.05, 0.1) is 6.54 Å². The second-order valence-corrected chi connectivity index (χ2v) is 2.02. The second-order valence-electron chi connectivity index (χ2n) is 2.02. The maximum atomic E-state index is 9.58. The molecule has 0 aliphatic carbocycles. The van der Waals surface area contributed by atoms with Crippen molar-refractivity contribution in [3.63, 3.8) is 0 Å². The van der Waals surface area contributed by atoms with Gasteiger partial charge in [0, 0.05) is 0 Å². The largest absolute Gasteiger partial charge is 0.234 e. The first-order valence-corrected chi connectivity index (χ1v) is 3.60. The molecule has 56 valence electrons. The van der Waals surface area contributed by atoms with Crippen molar-refractivity contribution in [3.05, 3.63) is 12.2 Å². The molecule has 0 aromatic carbocycles. The molecule has 0 aliphatic rings. The van der Waals surface area contributed by atoms with Crippen molar-refractivity contribution < 1.29 is 4.79 Å². The van der Waals surface area contributed by atoms with Crippen LogP contribution < -0.4 is 0 Å². The van der Waals surface area contributed by atoms with Gasteiger partial charge in [-0.1, -0.05) is 25.5 Å². The minimum absolute atomic E-state index is 0.573. The molecule has 2 nitrogen and oxygen atoms in total. The number of allylic oxidation sites excluding steroid dienone is 1. The highest BCUT2D eigenvalue weighted by atomic mass is 16.1. The molecule has 0 saturated carbocycles. The summed E-state index contributed by atoms with van der Waals surface area (Å²) in [7, 11) is 0. The zero-order chi connectivity index (χ0) is 7.66. The highest BCUT2D eigenvalue weighted by Gasteiger charge is 1.75. The molecule has 0 atom stereocenters. The van der Waals surface area contributed by atoms with Gasteiger partial charge in [-0.15, -0.1) is 0 Å². The van der Waals surface area contributed by atoms with Gasteiger partial charge < -0.3 is 0 Å². The Kier molecular flexibility index (Phi) is 7.41. The monoisotopic (exact) mass is 139 g/mol. The Morgan fingerprint density at radius 1 is 1.40 bits per heavy atom. The fourth-order valence-corrected chi connectivity index (χ4v) is 0.587. The average molecular weight is 139 g/mol. The number of unbranched alkanes of at least 4 members (excludes halogenated alkanes) is 1. The van der Waals surface area contributed by atoms with E-state index < -0.39 is 0 Å². The zero-order valence-corrected chi connectivity index (χ0v) is 6.34. The van der Waals surface area contributed by atoms with E-state index >= 15 is 0 Å². The van der Waals surface area contributed by atoms with Gasteiger partial charge >= 0.3 is 0 Å². The van der Waals surface area contributed by atoms with E-state index in [9.17, 15) is 4.79 Å². The van der Waals surface area contributed by atoms with Crippen molar-refractivity contribution in [1.82, 2.24) is 0 Å². The number of hydrogen-bond donors (Lipinski definition) is 0. The van der Waals surface area contributed by atoms with Crippen molar-refractivity contribution in [2.45, 2.75) is 26.2 Å². The Morgan fingerprint density at radius 2 is 2.10 bits per heavy atom. The summed E-state index contributed by atoms with van der Waals surface area (Å²) >= 11 is 0. The molecule has 0 unspecified atom stereocenters. The Bertz CT molecular complexity index is 134. The van der Waals surface area contributed by atoms with Crippen molar-refractivity contribution in [1.29, 1.82) is 0 Å². The summed E-state index contributed by atoms with van der Waals surface area (Å²) in [6.07, 6.45) is 8.80. The van der Waals surface area contributed by atoms with Crippen molar-refractivity contribution in [2.24, 2.45) is 4.99 Å². The summed E-state index contributed by atoms with van der Waals surface area (Å²) in [4.78, 5) is 13.0. The van der Waals surface area contributed by atoms with Crippen LogP contribution in [0.1, 0.15) is 26.2 Å². The molecule has 0 fully saturated rings. The summed E-state index contributed by atoms with van der Waals surface area (Å²) in [5, 5.41) is 0. The minimum atomic E-state index is 0.573. The average Bonchev–Trinajstić information content (AvgIpc) is 1.97. The molecule has 0 aromatic rings. The van der Waals surface area contributed by atoms with Gasteiger partial charge in [-0.3, -0.25) is 0 Å². The van der Waals surface area contributed by atoms with E-state index in [0.29, 0.717) is 6.54 Å². The molecule has 0 bridgehead atoms. The molecule has 0 rings (SSSR count). The van der Waals surface area contributed by atoms with E-state index in [-0.39, 0.29) is 0 Å². The second kappa shape index (κ2) is 8.12. The number of aliphatic imine (C=N–C) groups is 1. The van der Waals surface area contributed by atoms with Crippen LogP contribution in [0.15, 0.2) is 17.1 Å². The molecular weight excluding hydrogens is 126 g/mol. The Morgan fingerprint density at radius 3 is 2.70 bits per heavy atom. The van der Waals surface area contributed by atoms with Crippen molar-refractivity contribution >= 4 is 6.08 Å². The van der Waals surface area contributed by atoms with Crippen LogP contribution in [0, 0.1) is 0 Å². The third-order valence-corrected chi connectivity index (χ3v) is 1.09. The molecule has 0 spiro atoms. The Hall–Kier alpha value is -0.880. The minimum Gasteiger partial charge on any atom is -0.211 e. The Labute approximate surface area is 61.7 Å². The van der Waals surface area contributed by atoms with Gasteiger partial charge in [0.15, 0.2) is 0 Å². The first kappa shape index (κ1) is 9.12. The molecule has 0 radical (unpaired) electrons. The highest BCUT2D eigenvalue weighted by Crippen LogP contribution is 1.90. The number of rotatable bonds is 5. The molecule has 2 heteroatoms. The molecular formula is C8H13NO. The van der Waals surface area contributed by atoms with Gasteiger partial charge in [-0.05, 0) is 12.8 Å². The van der Waals surface area contributed by atoms with Crippen LogP contribution in [0.4, 0.5) is 0 Å². The summed E-state index contributed by atoms with van der Waals surface area (Å²) in [6.45, 7) is 2.71. The van der Waals surface area contributed by atoms with E-state index in [1.54, 1.807) is 0 Å². The lowest BCUT2D eigenvalue weighted by Crippen LogP contribution is -1.74. The van der Waals surface area contributed by atoms with E-state index in [4.69, 9.17) is 0 Å². The van der Waals surface area contributed by atoms with Crippen LogP contribution in [0.25, 0.3) is 0 Å². The predicted octanol–water partition coefficient (Wildman–Crippen LogP) is 2.07. The lowest BCUT2D eigenvalue weighted by atomic mass is 10.3. The van der Waals surface area contributed by atoms with Gasteiger partial charge in [0.2, 0.25) is 6.08 Å². The molecule has 0 heterocycles. The van der Waals surface area contributed by atoms with Crippen LogP contribution in [-0.2, 0) is 4.79 Å². The van der Waals surface area contributed by atoms with Gasteiger partial charge in [0.25, 0.3) is 0 Å². The van der Waals surface area contributed by atoms with Crippen LogP contribution in [-0.4, -0.2) is 12.6 Å². The van der Waals surface area contributed by atoms with Crippen molar-refractivity contribution in [2.75, 3.05) is 6.54 Å². The summed E-state index contributed by atoms with van der Waals surface area (Å²) in [5.41, 5.74) is 0. The summed E-state index contributed by atoms with van der Waals surface area (Å²) in [5.74, 6) is 0. The molecule has 0 N–H and O–H groups in total. The van der Waals surface area contributed by atoms with Crippen LogP contribution in [0.2, 0.25) is 0 Å². The third kappa shape index (κ3) is 7.12.